The quantitative estimate of drug-likeness (QED) is 0.283. The summed E-state index contributed by atoms with van der Waals surface area (Å²) in [5.74, 6) is 1.11. The van der Waals surface area contributed by atoms with Crippen molar-refractivity contribution in [3.05, 3.63) is 95.6 Å². The van der Waals surface area contributed by atoms with Crippen LogP contribution in [0.15, 0.2) is 83.9 Å². The molecule has 1 heterocycles. The number of hydrogen-bond acceptors (Lipinski definition) is 7. The Balaban J connectivity index is 1.53. The molecule has 0 bridgehead atoms. The Labute approximate surface area is 219 Å². The van der Waals surface area contributed by atoms with Crippen molar-refractivity contribution in [1.29, 1.82) is 10.5 Å². The Bertz CT molecular complexity index is 1510. The number of hydrogen-bond donors (Lipinski definition) is 2. The van der Waals surface area contributed by atoms with Crippen molar-refractivity contribution in [3.8, 4) is 34.8 Å². The van der Waals surface area contributed by atoms with Crippen molar-refractivity contribution >= 4 is 29.2 Å². The lowest BCUT2D eigenvalue weighted by Crippen LogP contribution is -2.22. The number of nitrogen functional groups attached to an aromatic ring is 1. The predicted molar refractivity (Wildman–Crippen MR) is 145 cm³/mol. The van der Waals surface area contributed by atoms with Crippen LogP contribution >= 0.6 is 11.8 Å². The van der Waals surface area contributed by atoms with Gasteiger partial charge in [-0.3, -0.25) is 4.79 Å². The number of anilines is 2. The largest absolute Gasteiger partial charge is 0.457 e. The second-order valence-electron chi connectivity index (χ2n) is 8.21. The highest BCUT2D eigenvalue weighted by Crippen LogP contribution is 2.37. The third-order valence-electron chi connectivity index (χ3n) is 5.51. The number of carbonyl (C=O) groups excluding carboxylic acids is 1. The summed E-state index contributed by atoms with van der Waals surface area (Å²) in [4.78, 5) is 17.2. The monoisotopic (exact) mass is 505 g/mol. The molecule has 4 rings (SSSR count). The Kier molecular flexibility index (Phi) is 7.73. The molecule has 0 spiro atoms. The van der Waals surface area contributed by atoms with E-state index >= 15 is 0 Å². The number of carbonyl (C=O) groups is 1. The number of aryl methyl sites for hydroxylation is 1. The highest BCUT2D eigenvalue weighted by molar-refractivity contribution is 8.00. The molecular weight excluding hydrogens is 482 g/mol. The smallest absolute Gasteiger partial charge is 0.237 e. The number of rotatable bonds is 7. The summed E-state index contributed by atoms with van der Waals surface area (Å²) in [5.41, 5.74) is 9.20. The summed E-state index contributed by atoms with van der Waals surface area (Å²) >= 11 is 1.11. The third-order valence-corrected chi connectivity index (χ3v) is 6.60. The Morgan fingerprint density at radius 3 is 2.19 bits per heavy atom. The van der Waals surface area contributed by atoms with E-state index in [2.05, 4.69) is 22.4 Å². The normalized spacial score (nSPS) is 11.1. The number of aromatic nitrogens is 1. The van der Waals surface area contributed by atoms with Gasteiger partial charge in [0, 0.05) is 11.3 Å². The van der Waals surface area contributed by atoms with E-state index in [1.807, 2.05) is 61.5 Å². The molecule has 0 saturated heterocycles. The van der Waals surface area contributed by atoms with Gasteiger partial charge in [-0.15, -0.1) is 0 Å². The standard InChI is InChI=1S/C29H23N5O2S/c1-18-8-10-20(11-9-18)26-24(16-30)27(32)34-29(25(26)17-31)37-19(2)28(35)33-21-12-14-23(15-13-21)36-22-6-4-3-5-7-22/h3-15,19H,1-2H3,(H2,32,34)(H,33,35). The number of benzene rings is 3. The molecule has 1 aromatic heterocycles. The van der Waals surface area contributed by atoms with Gasteiger partial charge in [-0.25, -0.2) is 4.98 Å². The van der Waals surface area contributed by atoms with Crippen LogP contribution in [-0.2, 0) is 4.79 Å². The summed E-state index contributed by atoms with van der Waals surface area (Å²) in [6.07, 6.45) is 0. The summed E-state index contributed by atoms with van der Waals surface area (Å²) in [5, 5.41) is 22.2. The van der Waals surface area contributed by atoms with Gasteiger partial charge in [-0.2, -0.15) is 10.5 Å². The molecule has 3 N–H and O–H groups in total. The van der Waals surface area contributed by atoms with Gasteiger partial charge in [-0.1, -0.05) is 59.8 Å². The summed E-state index contributed by atoms with van der Waals surface area (Å²) < 4.78 is 5.78. The zero-order chi connectivity index (χ0) is 26.4. The molecule has 0 fully saturated rings. The lowest BCUT2D eigenvalue weighted by atomic mass is 9.96. The molecule has 0 aliphatic rings. The van der Waals surface area contributed by atoms with Crippen molar-refractivity contribution < 1.29 is 9.53 Å². The topological polar surface area (TPSA) is 125 Å². The number of nitrogens with two attached hydrogens (primary N) is 1. The maximum Gasteiger partial charge on any atom is 0.237 e. The van der Waals surface area contributed by atoms with Crippen molar-refractivity contribution in [1.82, 2.24) is 4.98 Å². The molecule has 0 aliphatic heterocycles. The minimum atomic E-state index is -0.599. The van der Waals surface area contributed by atoms with E-state index in [0.29, 0.717) is 27.6 Å². The number of nitrogens with zero attached hydrogens (tertiary/aromatic N) is 3. The van der Waals surface area contributed by atoms with Crippen LogP contribution < -0.4 is 15.8 Å². The number of nitriles is 2. The molecular formula is C29H23N5O2S. The lowest BCUT2D eigenvalue weighted by Gasteiger charge is -2.16. The second kappa shape index (κ2) is 11.3. The van der Waals surface area contributed by atoms with Crippen molar-refractivity contribution in [2.45, 2.75) is 24.1 Å². The summed E-state index contributed by atoms with van der Waals surface area (Å²) in [6, 6.07) is 28.1. The fourth-order valence-electron chi connectivity index (χ4n) is 3.59. The number of nitrogens with one attached hydrogen (secondary N) is 1. The van der Waals surface area contributed by atoms with Gasteiger partial charge in [0.25, 0.3) is 0 Å². The van der Waals surface area contributed by atoms with E-state index in [1.54, 1.807) is 31.2 Å². The lowest BCUT2D eigenvalue weighted by molar-refractivity contribution is -0.115. The second-order valence-corrected chi connectivity index (χ2v) is 9.54. The number of thioether (sulfide) groups is 1. The maximum absolute atomic E-state index is 12.9. The van der Waals surface area contributed by atoms with Crippen LogP contribution in [0.2, 0.25) is 0 Å². The summed E-state index contributed by atoms with van der Waals surface area (Å²) in [7, 11) is 0. The molecule has 7 nitrogen and oxygen atoms in total. The molecule has 1 amide bonds. The van der Waals surface area contributed by atoms with Crippen LogP contribution in [0.3, 0.4) is 0 Å². The Morgan fingerprint density at radius 2 is 1.57 bits per heavy atom. The van der Waals surface area contributed by atoms with Crippen LogP contribution in [0, 0.1) is 29.6 Å². The van der Waals surface area contributed by atoms with Crippen LogP contribution in [0.25, 0.3) is 11.1 Å². The number of ether oxygens (including phenoxy) is 1. The van der Waals surface area contributed by atoms with Gasteiger partial charge in [0.1, 0.15) is 40.0 Å². The van der Waals surface area contributed by atoms with Gasteiger partial charge in [0.2, 0.25) is 5.91 Å². The molecule has 1 atom stereocenters. The highest BCUT2D eigenvalue weighted by atomic mass is 32.2. The molecule has 37 heavy (non-hydrogen) atoms. The number of amides is 1. The van der Waals surface area contributed by atoms with Crippen LogP contribution in [0.4, 0.5) is 11.5 Å². The van der Waals surface area contributed by atoms with Crippen LogP contribution in [-0.4, -0.2) is 16.1 Å². The highest BCUT2D eigenvalue weighted by Gasteiger charge is 2.24. The Morgan fingerprint density at radius 1 is 0.946 bits per heavy atom. The fourth-order valence-corrected chi connectivity index (χ4v) is 4.51. The molecule has 0 aliphatic carbocycles. The molecule has 8 heteroatoms. The molecule has 0 saturated carbocycles. The van der Waals surface area contributed by atoms with Crippen molar-refractivity contribution in [2.24, 2.45) is 0 Å². The van der Waals surface area contributed by atoms with E-state index < -0.39 is 5.25 Å². The molecule has 182 valence electrons. The zero-order valence-electron chi connectivity index (χ0n) is 20.2. The maximum atomic E-state index is 12.9. The van der Waals surface area contributed by atoms with Gasteiger partial charge in [0.15, 0.2) is 0 Å². The van der Waals surface area contributed by atoms with Gasteiger partial charge < -0.3 is 15.8 Å². The van der Waals surface area contributed by atoms with Crippen LogP contribution in [0.5, 0.6) is 11.5 Å². The molecule has 0 radical (unpaired) electrons. The predicted octanol–water partition coefficient (Wildman–Crippen LogP) is 6.29. The first-order valence-corrected chi connectivity index (χ1v) is 12.3. The van der Waals surface area contributed by atoms with E-state index in [9.17, 15) is 15.3 Å². The average molecular weight is 506 g/mol. The van der Waals surface area contributed by atoms with Crippen LogP contribution in [0.1, 0.15) is 23.6 Å². The molecule has 4 aromatic rings. The SMILES string of the molecule is Cc1ccc(-c2c(C#N)c(N)nc(SC(C)C(=O)Nc3ccc(Oc4ccccc4)cc3)c2C#N)cc1. The fraction of sp³-hybridized carbons (Fsp3) is 0.103. The molecule has 1 unspecified atom stereocenters. The Hall–Kier alpha value is -4.79. The third kappa shape index (κ3) is 5.90. The first-order chi connectivity index (χ1) is 17.9. The van der Waals surface area contributed by atoms with Crippen molar-refractivity contribution in [3.63, 3.8) is 0 Å². The first kappa shape index (κ1) is 25.3. The van der Waals surface area contributed by atoms with Gasteiger partial charge >= 0.3 is 0 Å². The van der Waals surface area contributed by atoms with E-state index in [-0.39, 0.29) is 22.9 Å². The molecule has 3 aromatic carbocycles. The minimum absolute atomic E-state index is 0.0150. The van der Waals surface area contributed by atoms with Crippen molar-refractivity contribution in [2.75, 3.05) is 11.1 Å². The van der Waals surface area contributed by atoms with E-state index in [1.165, 1.54) is 0 Å². The van der Waals surface area contributed by atoms with E-state index in [0.717, 1.165) is 23.1 Å². The zero-order valence-corrected chi connectivity index (χ0v) is 21.0. The first-order valence-electron chi connectivity index (χ1n) is 11.4. The summed E-state index contributed by atoms with van der Waals surface area (Å²) in [6.45, 7) is 3.67. The van der Waals surface area contributed by atoms with Gasteiger partial charge in [-0.05, 0) is 55.8 Å². The average Bonchev–Trinajstić information content (AvgIpc) is 2.90. The van der Waals surface area contributed by atoms with Gasteiger partial charge in [0.05, 0.1) is 10.8 Å². The number of para-hydroxylation sites is 1. The van der Waals surface area contributed by atoms with E-state index in [4.69, 9.17) is 10.5 Å². The number of pyridine rings is 1. The minimum Gasteiger partial charge on any atom is -0.457 e.